The van der Waals surface area contributed by atoms with Crippen LogP contribution in [0.25, 0.3) is 11.5 Å². The predicted octanol–water partition coefficient (Wildman–Crippen LogP) is 3.66. The molecule has 1 saturated heterocycles. The van der Waals surface area contributed by atoms with Crippen LogP contribution in [0.2, 0.25) is 0 Å². The minimum atomic E-state index is -0.749. The van der Waals surface area contributed by atoms with Crippen LogP contribution in [0.3, 0.4) is 0 Å². The molecule has 7 nitrogen and oxygen atoms in total. The lowest BCUT2D eigenvalue weighted by Crippen LogP contribution is -2.26. The van der Waals surface area contributed by atoms with Gasteiger partial charge in [-0.25, -0.2) is 9.18 Å². The molecular formula is C22H23FN4O3. The highest BCUT2D eigenvalue weighted by atomic mass is 19.1. The minimum absolute atomic E-state index is 0.0367. The second-order valence-electron chi connectivity index (χ2n) is 7.33. The number of amides is 1. The lowest BCUT2D eigenvalue weighted by molar-refractivity contribution is -0.117. The smallest absolute Gasteiger partial charge is 0.388 e. The topological polar surface area (TPSA) is 80.4 Å². The molecule has 0 aliphatic carbocycles. The van der Waals surface area contributed by atoms with Crippen LogP contribution < -0.4 is 16.0 Å². The Balaban J connectivity index is 1.39. The Labute approximate surface area is 173 Å². The summed E-state index contributed by atoms with van der Waals surface area (Å²) < 4.78 is 19.1. The summed E-state index contributed by atoms with van der Waals surface area (Å²) in [4.78, 5) is 26.7. The van der Waals surface area contributed by atoms with Crippen molar-refractivity contribution in [2.75, 3.05) is 23.3 Å². The van der Waals surface area contributed by atoms with Crippen molar-refractivity contribution in [3.05, 3.63) is 64.9 Å². The van der Waals surface area contributed by atoms with Gasteiger partial charge in [0, 0.05) is 30.0 Å². The van der Waals surface area contributed by atoms with Crippen molar-refractivity contribution in [2.45, 2.75) is 32.2 Å². The van der Waals surface area contributed by atoms with Gasteiger partial charge in [0.05, 0.1) is 0 Å². The molecule has 2 heterocycles. The third-order valence-electron chi connectivity index (χ3n) is 5.11. The summed E-state index contributed by atoms with van der Waals surface area (Å²) >= 11 is 0. The van der Waals surface area contributed by atoms with E-state index < -0.39 is 17.5 Å². The lowest BCUT2D eigenvalue weighted by Gasteiger charge is -2.22. The van der Waals surface area contributed by atoms with Crippen molar-refractivity contribution >= 4 is 17.3 Å². The van der Waals surface area contributed by atoms with Gasteiger partial charge in [-0.2, -0.15) is 4.68 Å². The third kappa shape index (κ3) is 4.76. The average Bonchev–Trinajstić information content (AvgIpc) is 2.94. The van der Waals surface area contributed by atoms with Crippen LogP contribution in [0.1, 0.15) is 25.7 Å². The summed E-state index contributed by atoms with van der Waals surface area (Å²) in [6.45, 7) is 1.83. The largest absolute Gasteiger partial charge is 0.437 e. The van der Waals surface area contributed by atoms with E-state index in [9.17, 15) is 14.0 Å². The van der Waals surface area contributed by atoms with E-state index in [-0.39, 0.29) is 12.4 Å². The van der Waals surface area contributed by atoms with Gasteiger partial charge in [-0.05, 0) is 61.4 Å². The fourth-order valence-corrected chi connectivity index (χ4v) is 3.54. The highest BCUT2D eigenvalue weighted by Crippen LogP contribution is 2.21. The standard InChI is InChI=1S/C22H23FN4O3/c23-17-7-5-16(6-8-17)21-25-27(22(29)30-21)15-20(28)24-18-9-11-19(12-10-18)26-13-3-1-2-4-14-26/h5-12H,1-4,13-15H2,(H,24,28). The number of anilines is 2. The molecule has 1 N–H and O–H groups in total. The predicted molar refractivity (Wildman–Crippen MR) is 112 cm³/mol. The summed E-state index contributed by atoms with van der Waals surface area (Å²) in [7, 11) is 0. The van der Waals surface area contributed by atoms with Gasteiger partial charge in [-0.15, -0.1) is 5.10 Å². The summed E-state index contributed by atoms with van der Waals surface area (Å²) in [5, 5.41) is 6.79. The van der Waals surface area contributed by atoms with E-state index in [1.165, 1.54) is 49.9 Å². The van der Waals surface area contributed by atoms with E-state index in [1.807, 2.05) is 24.3 Å². The summed E-state index contributed by atoms with van der Waals surface area (Å²) in [5.74, 6) is -1.50. The SMILES string of the molecule is O=C(Cn1nc(-c2ccc(F)cc2)oc1=O)Nc1ccc(N2CCCCCC2)cc1. The number of nitrogens with one attached hydrogen (secondary N) is 1. The maximum absolute atomic E-state index is 13.0. The zero-order valence-electron chi connectivity index (χ0n) is 16.5. The van der Waals surface area contributed by atoms with Gasteiger partial charge in [0.15, 0.2) is 0 Å². The Morgan fingerprint density at radius 3 is 2.33 bits per heavy atom. The summed E-state index contributed by atoms with van der Waals surface area (Å²) in [5.41, 5.74) is 2.25. The number of rotatable bonds is 5. The van der Waals surface area contributed by atoms with E-state index in [0.29, 0.717) is 11.3 Å². The van der Waals surface area contributed by atoms with Crippen LogP contribution in [0, 0.1) is 5.82 Å². The Morgan fingerprint density at radius 1 is 1.00 bits per heavy atom. The molecule has 1 fully saturated rings. The fourth-order valence-electron chi connectivity index (χ4n) is 3.54. The average molecular weight is 410 g/mol. The molecule has 0 spiro atoms. The van der Waals surface area contributed by atoms with Gasteiger partial charge in [0.2, 0.25) is 11.8 Å². The zero-order valence-corrected chi connectivity index (χ0v) is 16.5. The van der Waals surface area contributed by atoms with E-state index in [0.717, 1.165) is 23.5 Å². The molecule has 156 valence electrons. The molecule has 3 aromatic rings. The van der Waals surface area contributed by atoms with Crippen LogP contribution in [0.4, 0.5) is 15.8 Å². The molecule has 2 aromatic carbocycles. The molecule has 0 atom stereocenters. The molecule has 0 saturated carbocycles. The van der Waals surface area contributed by atoms with Crippen molar-refractivity contribution in [2.24, 2.45) is 0 Å². The van der Waals surface area contributed by atoms with Gasteiger partial charge in [0.1, 0.15) is 12.4 Å². The summed E-state index contributed by atoms with van der Waals surface area (Å²) in [6, 6.07) is 13.1. The van der Waals surface area contributed by atoms with Gasteiger partial charge in [-0.1, -0.05) is 12.8 Å². The number of aromatic nitrogens is 2. The number of carbonyl (C=O) groups excluding carboxylic acids is 1. The number of benzene rings is 2. The minimum Gasteiger partial charge on any atom is -0.388 e. The Hall–Kier alpha value is -3.42. The van der Waals surface area contributed by atoms with E-state index in [4.69, 9.17) is 4.42 Å². The first-order valence-electron chi connectivity index (χ1n) is 10.1. The maximum Gasteiger partial charge on any atom is 0.437 e. The Kier molecular flexibility index (Phi) is 5.92. The monoisotopic (exact) mass is 410 g/mol. The second-order valence-corrected chi connectivity index (χ2v) is 7.33. The van der Waals surface area contributed by atoms with Crippen molar-refractivity contribution in [1.82, 2.24) is 9.78 Å². The van der Waals surface area contributed by atoms with Gasteiger partial charge in [0.25, 0.3) is 0 Å². The van der Waals surface area contributed by atoms with Crippen LogP contribution in [-0.2, 0) is 11.3 Å². The lowest BCUT2D eigenvalue weighted by atomic mass is 10.2. The molecule has 0 unspecified atom stereocenters. The first kappa shape index (κ1) is 19.9. The van der Waals surface area contributed by atoms with Gasteiger partial charge >= 0.3 is 5.76 Å². The van der Waals surface area contributed by atoms with Gasteiger partial charge in [-0.3, -0.25) is 4.79 Å². The van der Waals surface area contributed by atoms with Crippen molar-refractivity contribution < 1.29 is 13.6 Å². The number of halogens is 1. The molecule has 0 bridgehead atoms. The van der Waals surface area contributed by atoms with Crippen molar-refractivity contribution in [3.63, 3.8) is 0 Å². The zero-order chi connectivity index (χ0) is 20.9. The maximum atomic E-state index is 13.0. The quantitative estimate of drug-likeness (QED) is 0.694. The van der Waals surface area contributed by atoms with Crippen LogP contribution in [0.5, 0.6) is 0 Å². The number of nitrogens with zero attached hydrogens (tertiary/aromatic N) is 3. The molecule has 1 aromatic heterocycles. The molecule has 1 amide bonds. The van der Waals surface area contributed by atoms with E-state index in [1.54, 1.807) is 0 Å². The highest BCUT2D eigenvalue weighted by molar-refractivity contribution is 5.90. The van der Waals surface area contributed by atoms with Crippen molar-refractivity contribution in [1.29, 1.82) is 0 Å². The Bertz CT molecular complexity index is 1050. The van der Waals surface area contributed by atoms with E-state index >= 15 is 0 Å². The molecular weight excluding hydrogens is 387 g/mol. The summed E-state index contributed by atoms with van der Waals surface area (Å²) in [6.07, 6.45) is 4.94. The Morgan fingerprint density at radius 2 is 1.67 bits per heavy atom. The first-order chi connectivity index (χ1) is 14.6. The number of hydrogen-bond acceptors (Lipinski definition) is 5. The fraction of sp³-hybridized carbons (Fsp3) is 0.318. The molecule has 4 rings (SSSR count). The highest BCUT2D eigenvalue weighted by Gasteiger charge is 2.14. The third-order valence-corrected chi connectivity index (χ3v) is 5.11. The second kappa shape index (κ2) is 8.94. The molecule has 8 heteroatoms. The number of hydrogen-bond donors (Lipinski definition) is 1. The molecule has 0 radical (unpaired) electrons. The van der Waals surface area contributed by atoms with Crippen molar-refractivity contribution in [3.8, 4) is 11.5 Å². The molecule has 30 heavy (non-hydrogen) atoms. The van der Waals surface area contributed by atoms with Crippen LogP contribution in [-0.4, -0.2) is 28.8 Å². The van der Waals surface area contributed by atoms with Crippen LogP contribution >= 0.6 is 0 Å². The molecule has 1 aliphatic heterocycles. The molecule has 1 aliphatic rings. The first-order valence-corrected chi connectivity index (χ1v) is 10.1. The normalized spacial score (nSPS) is 14.4. The van der Waals surface area contributed by atoms with E-state index in [2.05, 4.69) is 15.3 Å². The number of carbonyl (C=O) groups is 1. The van der Waals surface area contributed by atoms with Crippen LogP contribution in [0.15, 0.2) is 57.7 Å². The van der Waals surface area contributed by atoms with Gasteiger partial charge < -0.3 is 14.6 Å².